The normalized spacial score (nSPS) is 13.2. The first-order chi connectivity index (χ1) is 62.8. The predicted octanol–water partition coefficient (Wildman–Crippen LogP) is 13.8. The number of hydrogen-bond acceptors (Lipinski definition) is 20. The highest BCUT2D eigenvalue weighted by molar-refractivity contribution is 6.00. The summed E-state index contributed by atoms with van der Waals surface area (Å²) in [5.41, 5.74) is -2.97. The number of carbonyl (C=O) groups excluding carboxylic acids is 6. The van der Waals surface area contributed by atoms with Crippen molar-refractivity contribution in [3.05, 3.63) is 250 Å². The Balaban J connectivity index is 0.000000208. The fourth-order valence-corrected chi connectivity index (χ4v) is 14.2. The van der Waals surface area contributed by atoms with Crippen LogP contribution >= 0.6 is 0 Å². The Morgan fingerprint density at radius 3 is 1.04 bits per heavy atom. The van der Waals surface area contributed by atoms with Crippen LogP contribution in [0.25, 0.3) is 50.6 Å². The van der Waals surface area contributed by atoms with Crippen LogP contribution in [-0.4, -0.2) is 164 Å². The molecule has 3 amide bonds. The number of imidazole rings is 3. The summed E-state index contributed by atoms with van der Waals surface area (Å²) < 4.78 is 271. The van der Waals surface area contributed by atoms with Gasteiger partial charge in [0.25, 0.3) is 28.8 Å². The number of rotatable bonds is 27. The number of esters is 3. The number of fused-ring (bicyclic) bond motifs is 3. The molecule has 6 N–H and O–H groups in total. The third-order valence-corrected chi connectivity index (χ3v) is 21.6. The molecule has 6 atom stereocenters. The minimum atomic E-state index is -4.74. The first-order valence-electron chi connectivity index (χ1n) is 40.2. The number of nitrogens with zero attached hydrogens (tertiary/aromatic N) is 11. The van der Waals surface area contributed by atoms with E-state index in [0.29, 0.717) is 87.2 Å². The summed E-state index contributed by atoms with van der Waals surface area (Å²) in [7, 11) is 7.52. The van der Waals surface area contributed by atoms with Crippen LogP contribution in [0.2, 0.25) is 0 Å². The molecule has 29 nitrogen and oxygen atoms in total. The molecule has 714 valence electrons. The Labute approximate surface area is 746 Å². The van der Waals surface area contributed by atoms with E-state index in [1.807, 2.05) is 16.0 Å². The number of pyridine rings is 4. The zero-order chi connectivity index (χ0) is 99.2. The van der Waals surface area contributed by atoms with Crippen molar-refractivity contribution in [3.8, 4) is 33.6 Å². The molecular formula is C87H83F18N17O12. The van der Waals surface area contributed by atoms with Crippen LogP contribution < -0.4 is 48.7 Å². The van der Waals surface area contributed by atoms with E-state index in [2.05, 4.69) is 40.9 Å². The van der Waals surface area contributed by atoms with E-state index >= 15 is 0 Å². The summed E-state index contributed by atoms with van der Waals surface area (Å²) in [6, 6.07) is 2.44. The molecule has 0 saturated carbocycles. The second kappa shape index (κ2) is 41.0. The van der Waals surface area contributed by atoms with Gasteiger partial charge in [-0.3, -0.25) is 33.5 Å². The Morgan fingerprint density at radius 2 is 0.724 bits per heavy atom. The van der Waals surface area contributed by atoms with Gasteiger partial charge in [0.15, 0.2) is 0 Å². The van der Waals surface area contributed by atoms with Gasteiger partial charge in [-0.2, -0.15) is 52.7 Å². The van der Waals surface area contributed by atoms with Gasteiger partial charge < -0.3 is 68.4 Å². The smallest absolute Gasteiger partial charge is 0.418 e. The number of aryl methyl sites for hydroxylation is 4. The van der Waals surface area contributed by atoms with Gasteiger partial charge in [-0.25, -0.2) is 65.5 Å². The van der Waals surface area contributed by atoms with Gasteiger partial charge in [0.1, 0.15) is 110 Å². The molecule has 0 aliphatic heterocycles. The highest BCUT2D eigenvalue weighted by atomic mass is 19.4. The van der Waals surface area contributed by atoms with Crippen molar-refractivity contribution in [1.29, 1.82) is 0 Å². The average molecular weight is 1900 g/mol. The molecule has 9 heterocycles. The second-order valence-electron chi connectivity index (χ2n) is 30.3. The first kappa shape index (κ1) is 102. The second-order valence-corrected chi connectivity index (χ2v) is 30.3. The topological polar surface area (TPSA) is 346 Å². The van der Waals surface area contributed by atoms with E-state index in [9.17, 15) is 122 Å². The van der Waals surface area contributed by atoms with Crippen LogP contribution in [-0.2, 0) is 75.2 Å². The number of halogens is 18. The SMILES string of the molecule is CC[C@@H](Nc1cc(F)c(C(=O)N[C@@H](Cc2ccc(-c3cn(C)c(=O)n(C)c3=O)c3nccn23)C(=O)OC)c(F)c1)C(F)(F)F.CC[C@@H](Nc1cc(F)c(C(=O)N[C@@H](Cc2ccc(-c3nc(C)c(C)cc3C(F)(F)F)c3nccn23)C(=O)OC)c(F)c1)C(F)(F)F.CC[C@@H](Nc1cc(F)c(C(=O)N[C@@H](Cc2ccc(-c3nc(C)c(C)n(C)c3=O)c3nccn23)C(=O)OC)c(F)c1)C(F)(F)F. The maximum atomic E-state index is 14.9. The number of benzene rings is 3. The molecule has 134 heavy (non-hydrogen) atoms. The van der Waals surface area contributed by atoms with Crippen LogP contribution in [0, 0.1) is 62.6 Å². The standard InChI is InChI=1S/C30H27F8N5O3.C29H29F5N6O4.C28H27F5N6O5/c1-5-23(30(36,37)38)41-16-11-20(31)24(21(32)12-16)27(44)42-22(28(45)46-4)13-17-6-7-18(26-39-8-9-43(17)26)25-19(29(33,34)35)10-14(2)15(3)40-25;1-6-22(29(32,33)34)37-16-11-19(30)23(20(31)12-16)26(41)38-21(28(43)44-5)13-17-7-8-18(25-35-9-10-40(17)25)24-27(42)39(4)15(3)14(2)36-24;1-5-21(28(31,32)33)35-14-10-18(29)22(19(30)11-14)24(40)36-20(26(42)44-4)12-15-6-7-16(23-34-8-9-39(15)23)17-13-37(2)27(43)38(3)25(17)41/h6-12,22-23,41H,5,13H2,1-4H3,(H,42,44);7-12,21-22,37H,6,13H2,1-5H3,(H,38,41);6-11,13,20-21,35H,5,12H2,1-4H3,(H,36,40)/t22-,23+;21-,22+;20-,21+/m000/s1. The Bertz CT molecular complexity index is 6630. The summed E-state index contributed by atoms with van der Waals surface area (Å²) in [5, 5.41) is 12.6. The minimum absolute atomic E-state index is 0.0245. The van der Waals surface area contributed by atoms with Gasteiger partial charge in [-0.05, 0) is 131 Å². The summed E-state index contributed by atoms with van der Waals surface area (Å²) in [5.74, 6) is -15.8. The summed E-state index contributed by atoms with van der Waals surface area (Å²) in [6.45, 7) is 10.3. The molecule has 0 bridgehead atoms. The molecule has 0 aliphatic carbocycles. The van der Waals surface area contributed by atoms with Crippen LogP contribution in [0.3, 0.4) is 0 Å². The van der Waals surface area contributed by atoms with Crippen LogP contribution in [0.5, 0.6) is 0 Å². The fraction of sp³-hybridized carbons (Fsp3) is 0.333. The van der Waals surface area contributed by atoms with Gasteiger partial charge >= 0.3 is 48.3 Å². The predicted molar refractivity (Wildman–Crippen MR) is 448 cm³/mol. The maximum Gasteiger partial charge on any atom is 0.418 e. The number of amides is 3. The van der Waals surface area contributed by atoms with Crippen molar-refractivity contribution >= 4 is 69.6 Å². The number of alkyl halides is 12. The van der Waals surface area contributed by atoms with Crippen molar-refractivity contribution in [2.75, 3.05) is 37.3 Å². The maximum absolute atomic E-state index is 14.9. The average Bonchev–Trinajstić information content (AvgIpc) is 1.44. The number of methoxy groups -OCH3 is 3. The molecule has 0 fully saturated rings. The third kappa shape index (κ3) is 22.4. The van der Waals surface area contributed by atoms with Gasteiger partial charge in [0, 0.05) is 146 Å². The molecule has 47 heteroatoms. The molecule has 0 radical (unpaired) electrons. The Hall–Kier alpha value is -14.6. The molecule has 12 rings (SSSR count). The van der Waals surface area contributed by atoms with Crippen LogP contribution in [0.1, 0.15) is 116 Å². The monoisotopic (exact) mass is 1900 g/mol. The van der Waals surface area contributed by atoms with Crippen molar-refractivity contribution < 1.29 is 122 Å². The zero-order valence-electron chi connectivity index (χ0n) is 72.9. The highest BCUT2D eigenvalue weighted by Gasteiger charge is 2.43. The first-order valence-corrected chi connectivity index (χ1v) is 40.2. The lowest BCUT2D eigenvalue weighted by atomic mass is 10.0. The molecule has 0 aliphatic rings. The molecular weight excluding hydrogens is 1820 g/mol. The van der Waals surface area contributed by atoms with E-state index in [-0.39, 0.29) is 64.3 Å². The van der Waals surface area contributed by atoms with Crippen molar-refractivity contribution in [2.45, 2.75) is 148 Å². The highest BCUT2D eigenvalue weighted by Crippen LogP contribution is 2.40. The van der Waals surface area contributed by atoms with E-state index in [4.69, 9.17) is 14.2 Å². The number of aromatic nitrogens is 11. The molecule has 0 unspecified atom stereocenters. The van der Waals surface area contributed by atoms with Crippen molar-refractivity contribution in [3.63, 3.8) is 0 Å². The molecule has 3 aromatic carbocycles. The Kier molecular flexibility index (Phi) is 31.1. The van der Waals surface area contributed by atoms with Gasteiger partial charge in [0.2, 0.25) is 0 Å². The summed E-state index contributed by atoms with van der Waals surface area (Å²) in [6.07, 6.45) is -10.9. The van der Waals surface area contributed by atoms with Crippen molar-refractivity contribution in [2.24, 2.45) is 21.1 Å². The molecule has 0 saturated heterocycles. The Morgan fingerprint density at radius 1 is 0.410 bits per heavy atom. The minimum Gasteiger partial charge on any atom is -0.467 e. The largest absolute Gasteiger partial charge is 0.467 e. The number of hydrogen-bond donors (Lipinski definition) is 6. The van der Waals surface area contributed by atoms with Gasteiger partial charge in [0.05, 0.1) is 43.8 Å². The lowest BCUT2D eigenvalue weighted by Gasteiger charge is -2.22. The van der Waals surface area contributed by atoms with Crippen LogP contribution in [0.15, 0.2) is 137 Å². The van der Waals surface area contributed by atoms with E-state index in [1.165, 1.54) is 121 Å². The number of carbonyl (C=O) groups is 6. The zero-order valence-corrected chi connectivity index (χ0v) is 72.9. The fourth-order valence-electron chi connectivity index (χ4n) is 14.2. The molecule has 9 aromatic heterocycles. The number of ether oxygens (including phenoxy) is 3. The quantitative estimate of drug-likeness (QED) is 0.0158. The summed E-state index contributed by atoms with van der Waals surface area (Å²) >= 11 is 0. The van der Waals surface area contributed by atoms with E-state index in [0.717, 1.165) is 32.0 Å². The number of nitrogens with one attached hydrogen (secondary N) is 6. The molecule has 0 spiro atoms. The van der Waals surface area contributed by atoms with Crippen LogP contribution in [0.4, 0.5) is 96.1 Å². The lowest BCUT2D eigenvalue weighted by Crippen LogP contribution is -2.44. The van der Waals surface area contributed by atoms with E-state index in [1.54, 1.807) is 50.5 Å². The van der Waals surface area contributed by atoms with Gasteiger partial charge in [-0.1, -0.05) is 20.8 Å². The van der Waals surface area contributed by atoms with E-state index < -0.39 is 201 Å². The van der Waals surface area contributed by atoms with Gasteiger partial charge in [-0.15, -0.1) is 0 Å². The molecule has 12 aromatic rings. The number of anilines is 3. The lowest BCUT2D eigenvalue weighted by molar-refractivity contribution is -0.143. The van der Waals surface area contributed by atoms with Crippen molar-refractivity contribution in [1.82, 2.24) is 67.8 Å². The third-order valence-electron chi connectivity index (χ3n) is 21.6. The summed E-state index contributed by atoms with van der Waals surface area (Å²) in [4.78, 5) is 136.